The minimum Gasteiger partial charge on any atom is -0.508 e. The van der Waals surface area contributed by atoms with Crippen LogP contribution in [0.3, 0.4) is 0 Å². The van der Waals surface area contributed by atoms with Crippen LogP contribution in [0.25, 0.3) is 0 Å². The minimum absolute atomic E-state index is 0.0502. The summed E-state index contributed by atoms with van der Waals surface area (Å²) >= 11 is 0. The molecule has 0 spiro atoms. The summed E-state index contributed by atoms with van der Waals surface area (Å²) in [6, 6.07) is -0.0622. The van der Waals surface area contributed by atoms with Crippen molar-refractivity contribution in [1.82, 2.24) is 25.9 Å². The number of carbonyl (C=O) groups excluding carboxylic acids is 5. The third-order valence-corrected chi connectivity index (χ3v) is 5.40. The molecule has 0 aliphatic heterocycles. The smallest absolute Gasteiger partial charge is 0.326 e. The van der Waals surface area contributed by atoms with Gasteiger partial charge in [-0.25, -0.2) is 9.78 Å². The highest BCUT2D eigenvalue weighted by atomic mass is 16.4. The van der Waals surface area contributed by atoms with Gasteiger partial charge in [-0.2, -0.15) is 0 Å². The molecule has 5 amide bonds. The van der Waals surface area contributed by atoms with Crippen LogP contribution in [0.15, 0.2) is 36.8 Å². The Balaban J connectivity index is 2.30. The van der Waals surface area contributed by atoms with Gasteiger partial charge in [-0.05, 0) is 17.7 Å². The van der Waals surface area contributed by atoms with E-state index in [0.717, 1.165) is 0 Å². The number of carboxylic acid groups (broad SMARTS) is 1. The number of carbonyl (C=O) groups is 6. The van der Waals surface area contributed by atoms with Crippen LogP contribution in [0.1, 0.15) is 24.1 Å². The van der Waals surface area contributed by atoms with Gasteiger partial charge in [0.05, 0.1) is 25.2 Å². The largest absolute Gasteiger partial charge is 0.508 e. The van der Waals surface area contributed by atoms with Crippen LogP contribution in [-0.4, -0.2) is 79.9 Å². The number of hydrogen-bond acceptors (Lipinski definition) is 9. The van der Waals surface area contributed by atoms with E-state index in [1.54, 1.807) is 0 Å². The summed E-state index contributed by atoms with van der Waals surface area (Å²) in [7, 11) is 0. The number of carboxylic acids is 1. The van der Waals surface area contributed by atoms with Crippen LogP contribution in [0.5, 0.6) is 5.75 Å². The molecular formula is C23H30N8O8. The maximum atomic E-state index is 13.3. The highest BCUT2D eigenvalue weighted by Crippen LogP contribution is 2.12. The highest BCUT2D eigenvalue weighted by Gasteiger charge is 2.31. The molecule has 0 saturated carbocycles. The predicted octanol–water partition coefficient (Wildman–Crippen LogP) is -3.48. The lowest BCUT2D eigenvalue weighted by molar-refractivity contribution is -0.143. The van der Waals surface area contributed by atoms with Crippen molar-refractivity contribution < 1.29 is 39.0 Å². The SMILES string of the molecule is NC(=O)CC(N)C(=O)NC(Cc1cnc[nH]1)C(=O)NC(Cc1ccc(O)cc1)C(=O)NC(CC(N)=O)C(=O)O. The van der Waals surface area contributed by atoms with Gasteiger partial charge < -0.3 is 48.3 Å². The molecule has 12 N–H and O–H groups in total. The summed E-state index contributed by atoms with van der Waals surface area (Å²) in [5, 5.41) is 26.0. The van der Waals surface area contributed by atoms with Gasteiger partial charge in [0, 0.05) is 24.7 Å². The number of amides is 5. The second-order valence-corrected chi connectivity index (χ2v) is 8.62. The molecule has 0 radical (unpaired) electrons. The summed E-state index contributed by atoms with van der Waals surface area (Å²) in [6.45, 7) is 0. The quantitative estimate of drug-likeness (QED) is 0.106. The zero-order valence-electron chi connectivity index (χ0n) is 20.6. The van der Waals surface area contributed by atoms with Gasteiger partial charge >= 0.3 is 5.97 Å². The fourth-order valence-electron chi connectivity index (χ4n) is 3.44. The second-order valence-electron chi connectivity index (χ2n) is 8.62. The lowest BCUT2D eigenvalue weighted by Crippen LogP contribution is -2.58. The number of aromatic nitrogens is 2. The first-order valence-corrected chi connectivity index (χ1v) is 11.6. The molecule has 1 aromatic carbocycles. The van der Waals surface area contributed by atoms with Gasteiger partial charge in [-0.3, -0.25) is 24.0 Å². The average molecular weight is 547 g/mol. The number of primary amides is 2. The maximum absolute atomic E-state index is 13.3. The number of phenols is 1. The van der Waals surface area contributed by atoms with Gasteiger partial charge in [0.2, 0.25) is 29.5 Å². The normalized spacial score (nSPS) is 13.8. The van der Waals surface area contributed by atoms with Gasteiger partial charge in [0.1, 0.15) is 23.9 Å². The minimum atomic E-state index is -1.67. The lowest BCUT2D eigenvalue weighted by atomic mass is 10.0. The van der Waals surface area contributed by atoms with Crippen LogP contribution in [0, 0.1) is 0 Å². The number of H-pyrrole nitrogens is 1. The number of nitrogens with one attached hydrogen (secondary N) is 4. The van der Waals surface area contributed by atoms with E-state index in [-0.39, 0.29) is 18.6 Å². The molecule has 0 bridgehead atoms. The standard InChI is InChI=1S/C23H30N8O8/c24-14(7-18(25)33)20(35)29-16(6-12-9-27-10-28-12)22(37)30-15(5-11-1-3-13(32)4-2-11)21(36)31-17(23(38)39)8-19(26)34/h1-4,9-10,14-17,32H,5-8,24H2,(H2,25,33)(H2,26,34)(H,27,28)(H,29,35)(H,30,37)(H,31,36)(H,38,39). The Labute approximate surface area is 221 Å². The van der Waals surface area contributed by atoms with Crippen LogP contribution in [0.2, 0.25) is 0 Å². The van der Waals surface area contributed by atoms with E-state index in [4.69, 9.17) is 17.2 Å². The predicted molar refractivity (Wildman–Crippen MR) is 133 cm³/mol. The number of aromatic hydroxyl groups is 1. The summed E-state index contributed by atoms with van der Waals surface area (Å²) in [5.41, 5.74) is 16.8. The summed E-state index contributed by atoms with van der Waals surface area (Å²) in [6.07, 6.45) is 1.29. The van der Waals surface area contributed by atoms with Crippen molar-refractivity contribution in [1.29, 1.82) is 0 Å². The second kappa shape index (κ2) is 14.1. The average Bonchev–Trinajstić information content (AvgIpc) is 3.36. The van der Waals surface area contributed by atoms with E-state index >= 15 is 0 Å². The Morgan fingerprint density at radius 1 is 0.821 bits per heavy atom. The number of aliphatic carboxylic acids is 1. The van der Waals surface area contributed by atoms with Crippen molar-refractivity contribution in [2.75, 3.05) is 0 Å². The molecule has 4 atom stereocenters. The van der Waals surface area contributed by atoms with Crippen molar-refractivity contribution in [2.45, 2.75) is 49.9 Å². The first-order chi connectivity index (χ1) is 18.3. The molecule has 39 heavy (non-hydrogen) atoms. The number of aromatic amines is 1. The van der Waals surface area contributed by atoms with E-state index in [0.29, 0.717) is 11.3 Å². The number of imidazole rings is 1. The topological polar surface area (TPSA) is 286 Å². The zero-order valence-corrected chi connectivity index (χ0v) is 20.6. The summed E-state index contributed by atoms with van der Waals surface area (Å²) in [4.78, 5) is 79.5. The van der Waals surface area contributed by atoms with E-state index in [2.05, 4.69) is 25.9 Å². The van der Waals surface area contributed by atoms with Gasteiger partial charge in [-0.15, -0.1) is 0 Å². The fourth-order valence-corrected chi connectivity index (χ4v) is 3.44. The van der Waals surface area contributed by atoms with Gasteiger partial charge in [0.15, 0.2) is 0 Å². The van der Waals surface area contributed by atoms with Crippen LogP contribution in [0.4, 0.5) is 0 Å². The van der Waals surface area contributed by atoms with E-state index in [1.807, 2.05) is 0 Å². The molecule has 0 saturated heterocycles. The molecule has 0 fully saturated rings. The Morgan fingerprint density at radius 3 is 1.87 bits per heavy atom. The van der Waals surface area contributed by atoms with E-state index in [1.165, 1.54) is 36.8 Å². The molecule has 1 heterocycles. The molecule has 16 nitrogen and oxygen atoms in total. The first kappa shape index (κ1) is 30.2. The Hall–Kier alpha value is -4.99. The number of phenolic OH excluding ortho intramolecular Hbond substituents is 1. The molecular weight excluding hydrogens is 516 g/mol. The van der Waals surface area contributed by atoms with Gasteiger partial charge in [0.25, 0.3) is 0 Å². The molecule has 0 aliphatic rings. The molecule has 2 aromatic rings. The molecule has 1 aromatic heterocycles. The van der Waals surface area contributed by atoms with Gasteiger partial charge in [-0.1, -0.05) is 12.1 Å². The Kier molecular flexibility index (Phi) is 10.9. The van der Waals surface area contributed by atoms with Crippen molar-refractivity contribution >= 4 is 35.5 Å². The molecule has 4 unspecified atom stereocenters. The number of nitrogens with zero attached hydrogens (tertiary/aromatic N) is 1. The lowest BCUT2D eigenvalue weighted by Gasteiger charge is -2.25. The van der Waals surface area contributed by atoms with Crippen LogP contribution in [-0.2, 0) is 41.6 Å². The van der Waals surface area contributed by atoms with Crippen LogP contribution < -0.4 is 33.2 Å². The molecule has 16 heteroatoms. The third-order valence-electron chi connectivity index (χ3n) is 5.40. The first-order valence-electron chi connectivity index (χ1n) is 11.6. The number of nitrogens with two attached hydrogens (primary N) is 3. The maximum Gasteiger partial charge on any atom is 0.326 e. The fraction of sp³-hybridized carbons (Fsp3) is 0.348. The summed E-state index contributed by atoms with van der Waals surface area (Å²) in [5.74, 6) is -6.05. The number of benzene rings is 1. The number of hydrogen-bond donors (Lipinski definition) is 9. The Bertz CT molecular complexity index is 1190. The highest BCUT2D eigenvalue weighted by molar-refractivity contribution is 5.95. The van der Waals surface area contributed by atoms with Crippen molar-refractivity contribution in [2.24, 2.45) is 17.2 Å². The van der Waals surface area contributed by atoms with E-state index in [9.17, 15) is 39.0 Å². The number of rotatable bonds is 15. The third kappa shape index (κ3) is 10.1. The van der Waals surface area contributed by atoms with Crippen molar-refractivity contribution in [3.8, 4) is 5.75 Å². The zero-order chi connectivity index (χ0) is 29.1. The molecule has 210 valence electrons. The van der Waals surface area contributed by atoms with Crippen molar-refractivity contribution in [3.63, 3.8) is 0 Å². The van der Waals surface area contributed by atoms with Crippen molar-refractivity contribution in [3.05, 3.63) is 48.0 Å². The molecule has 2 rings (SSSR count). The van der Waals surface area contributed by atoms with E-state index < -0.39 is 72.5 Å². The molecule has 0 aliphatic carbocycles. The Morgan fingerprint density at radius 2 is 1.36 bits per heavy atom. The monoisotopic (exact) mass is 546 g/mol. The van der Waals surface area contributed by atoms with Crippen LogP contribution >= 0.6 is 0 Å². The summed E-state index contributed by atoms with van der Waals surface area (Å²) < 4.78 is 0.